The first-order chi connectivity index (χ1) is 10.3. The maximum Gasteiger partial charge on any atom is 0.407 e. The second-order valence-corrected chi connectivity index (χ2v) is 5.70. The van der Waals surface area contributed by atoms with Crippen LogP contribution in [0.25, 0.3) is 0 Å². The van der Waals surface area contributed by atoms with Crippen LogP contribution in [0, 0.1) is 5.92 Å². The van der Waals surface area contributed by atoms with Gasteiger partial charge in [0.25, 0.3) is 6.47 Å². The van der Waals surface area contributed by atoms with Gasteiger partial charge in [-0.1, -0.05) is 6.92 Å². The standard InChI is InChI=1S/C15H27NO6/c1-11(12(2)22-14(19)16-5)7-9-21-15(3,4)13(6-8-17)20-10-18/h8,10-13H,6-7,9H2,1-5H3,(H,16,19)/t11-,12-,13-/m0/s1. The Balaban J connectivity index is 4.32. The van der Waals surface area contributed by atoms with Crippen molar-refractivity contribution in [3.8, 4) is 0 Å². The molecule has 0 aromatic carbocycles. The molecule has 0 aromatic rings. The van der Waals surface area contributed by atoms with Crippen molar-refractivity contribution < 1.29 is 28.6 Å². The molecule has 0 fully saturated rings. The minimum atomic E-state index is -0.771. The highest BCUT2D eigenvalue weighted by molar-refractivity contribution is 5.66. The fraction of sp³-hybridized carbons (Fsp3) is 0.800. The summed E-state index contributed by atoms with van der Waals surface area (Å²) < 4.78 is 15.8. The Kier molecular flexibility index (Phi) is 9.40. The van der Waals surface area contributed by atoms with Crippen LogP contribution in [0.4, 0.5) is 4.79 Å². The highest BCUT2D eigenvalue weighted by Gasteiger charge is 2.32. The van der Waals surface area contributed by atoms with Crippen molar-refractivity contribution in [1.82, 2.24) is 5.32 Å². The van der Waals surface area contributed by atoms with Crippen molar-refractivity contribution in [3.05, 3.63) is 0 Å². The number of amides is 1. The van der Waals surface area contributed by atoms with E-state index in [2.05, 4.69) is 5.32 Å². The van der Waals surface area contributed by atoms with Crippen molar-refractivity contribution in [3.63, 3.8) is 0 Å². The van der Waals surface area contributed by atoms with Gasteiger partial charge in [0.15, 0.2) is 0 Å². The predicted octanol–water partition coefficient (Wildman–Crippen LogP) is 1.68. The fourth-order valence-corrected chi connectivity index (χ4v) is 1.84. The van der Waals surface area contributed by atoms with Gasteiger partial charge in [0.1, 0.15) is 18.5 Å². The van der Waals surface area contributed by atoms with E-state index < -0.39 is 17.8 Å². The zero-order chi connectivity index (χ0) is 17.2. The normalized spacial score (nSPS) is 15.3. The van der Waals surface area contributed by atoms with E-state index in [1.165, 1.54) is 7.05 Å². The number of hydrogen-bond donors (Lipinski definition) is 1. The second kappa shape index (κ2) is 10.2. The molecule has 7 nitrogen and oxygen atoms in total. The molecule has 0 heterocycles. The number of carbonyl (C=O) groups is 3. The van der Waals surface area contributed by atoms with Crippen LogP contribution >= 0.6 is 0 Å². The third-order valence-corrected chi connectivity index (χ3v) is 3.65. The maximum absolute atomic E-state index is 11.1. The van der Waals surface area contributed by atoms with E-state index in [0.29, 0.717) is 25.8 Å². The van der Waals surface area contributed by atoms with Crippen LogP contribution in [0.1, 0.15) is 40.5 Å². The quantitative estimate of drug-likeness (QED) is 0.583. The van der Waals surface area contributed by atoms with Crippen molar-refractivity contribution in [2.45, 2.75) is 58.3 Å². The number of nitrogens with one attached hydrogen (secondary N) is 1. The monoisotopic (exact) mass is 317 g/mol. The van der Waals surface area contributed by atoms with Gasteiger partial charge in [0.05, 0.1) is 5.60 Å². The number of rotatable bonds is 11. The first-order valence-electron chi connectivity index (χ1n) is 7.33. The summed E-state index contributed by atoms with van der Waals surface area (Å²) in [4.78, 5) is 32.3. The SMILES string of the molecule is CNC(=O)O[C@@H](C)[C@@H](C)CCOC(C)(C)[C@H](CC=O)OC=O. The Morgan fingerprint density at radius 3 is 2.41 bits per heavy atom. The summed E-state index contributed by atoms with van der Waals surface area (Å²) in [6.45, 7) is 8.01. The molecule has 0 rings (SSSR count). The highest BCUT2D eigenvalue weighted by atomic mass is 16.6. The van der Waals surface area contributed by atoms with Crippen LogP contribution < -0.4 is 5.32 Å². The van der Waals surface area contributed by atoms with Crippen molar-refractivity contribution in [2.75, 3.05) is 13.7 Å². The van der Waals surface area contributed by atoms with Crippen molar-refractivity contribution in [2.24, 2.45) is 5.92 Å². The number of hydrogen-bond acceptors (Lipinski definition) is 6. The second-order valence-electron chi connectivity index (χ2n) is 5.70. The lowest BCUT2D eigenvalue weighted by Gasteiger charge is -2.32. The lowest BCUT2D eigenvalue weighted by Crippen LogP contribution is -2.41. The summed E-state index contributed by atoms with van der Waals surface area (Å²) in [6.07, 6.45) is 0.0989. The van der Waals surface area contributed by atoms with Crippen molar-refractivity contribution in [1.29, 1.82) is 0 Å². The molecule has 0 saturated carbocycles. The van der Waals surface area contributed by atoms with Gasteiger partial charge < -0.3 is 24.3 Å². The zero-order valence-electron chi connectivity index (χ0n) is 14.0. The molecule has 1 N–H and O–H groups in total. The van der Waals surface area contributed by atoms with Gasteiger partial charge in [-0.05, 0) is 33.1 Å². The molecule has 7 heteroatoms. The van der Waals surface area contributed by atoms with E-state index in [-0.39, 0.29) is 18.4 Å². The summed E-state index contributed by atoms with van der Waals surface area (Å²) in [5.74, 6) is 0.101. The first kappa shape index (κ1) is 20.4. The Labute approximate surface area is 131 Å². The average molecular weight is 317 g/mol. The third-order valence-electron chi connectivity index (χ3n) is 3.65. The molecule has 0 radical (unpaired) electrons. The van der Waals surface area contributed by atoms with Crippen LogP contribution in [0.2, 0.25) is 0 Å². The highest BCUT2D eigenvalue weighted by Crippen LogP contribution is 2.21. The molecule has 22 heavy (non-hydrogen) atoms. The zero-order valence-corrected chi connectivity index (χ0v) is 14.0. The molecule has 3 atom stereocenters. The van der Waals surface area contributed by atoms with E-state index >= 15 is 0 Å². The summed E-state index contributed by atoms with van der Waals surface area (Å²) in [5, 5.41) is 2.40. The minimum absolute atomic E-state index is 0.0808. The molecule has 0 bridgehead atoms. The fourth-order valence-electron chi connectivity index (χ4n) is 1.84. The molecule has 0 aromatic heterocycles. The molecular formula is C15H27NO6. The minimum Gasteiger partial charge on any atom is -0.461 e. The predicted molar refractivity (Wildman–Crippen MR) is 80.4 cm³/mol. The Hall–Kier alpha value is -1.63. The average Bonchev–Trinajstić information content (AvgIpc) is 2.46. The van der Waals surface area contributed by atoms with Gasteiger partial charge in [0.2, 0.25) is 0 Å². The van der Waals surface area contributed by atoms with Gasteiger partial charge in [0, 0.05) is 20.1 Å². The molecular weight excluding hydrogens is 290 g/mol. The van der Waals surface area contributed by atoms with E-state index in [1.54, 1.807) is 13.8 Å². The number of aldehydes is 1. The summed E-state index contributed by atoms with van der Waals surface area (Å²) in [7, 11) is 1.51. The van der Waals surface area contributed by atoms with E-state index in [0.717, 1.165) is 0 Å². The van der Waals surface area contributed by atoms with Gasteiger partial charge in [-0.3, -0.25) is 4.79 Å². The van der Waals surface area contributed by atoms with Crippen LogP contribution in [-0.4, -0.2) is 50.3 Å². The van der Waals surface area contributed by atoms with E-state index in [1.807, 2.05) is 13.8 Å². The topological polar surface area (TPSA) is 90.9 Å². The molecule has 1 amide bonds. The van der Waals surface area contributed by atoms with Gasteiger partial charge in [-0.25, -0.2) is 4.79 Å². The number of alkyl carbamates (subject to hydrolysis) is 1. The van der Waals surface area contributed by atoms with Gasteiger partial charge in [-0.2, -0.15) is 0 Å². The number of ether oxygens (including phenoxy) is 3. The molecule has 128 valence electrons. The van der Waals surface area contributed by atoms with Gasteiger partial charge >= 0.3 is 6.09 Å². The Morgan fingerprint density at radius 1 is 1.27 bits per heavy atom. The molecule has 0 spiro atoms. The smallest absolute Gasteiger partial charge is 0.407 e. The molecule has 0 saturated heterocycles. The molecule has 0 unspecified atom stereocenters. The summed E-state index contributed by atoms with van der Waals surface area (Å²) >= 11 is 0. The van der Waals surface area contributed by atoms with E-state index in [9.17, 15) is 14.4 Å². The van der Waals surface area contributed by atoms with Crippen LogP contribution in [0.5, 0.6) is 0 Å². The summed E-state index contributed by atoms with van der Waals surface area (Å²) in [5.41, 5.74) is -0.771. The molecule has 0 aliphatic carbocycles. The number of carbonyl (C=O) groups excluding carboxylic acids is 3. The lowest BCUT2D eigenvalue weighted by atomic mass is 9.98. The van der Waals surface area contributed by atoms with Crippen LogP contribution in [-0.2, 0) is 23.8 Å². The van der Waals surface area contributed by atoms with E-state index in [4.69, 9.17) is 14.2 Å². The Bertz CT molecular complexity index is 348. The third kappa shape index (κ3) is 7.40. The van der Waals surface area contributed by atoms with Crippen molar-refractivity contribution >= 4 is 18.9 Å². The van der Waals surface area contributed by atoms with Crippen LogP contribution in [0.3, 0.4) is 0 Å². The largest absolute Gasteiger partial charge is 0.461 e. The first-order valence-corrected chi connectivity index (χ1v) is 7.33. The maximum atomic E-state index is 11.1. The molecule has 0 aliphatic rings. The lowest BCUT2D eigenvalue weighted by molar-refractivity contribution is -0.157. The Morgan fingerprint density at radius 2 is 1.91 bits per heavy atom. The molecule has 0 aliphatic heterocycles. The van der Waals surface area contributed by atoms with Crippen LogP contribution in [0.15, 0.2) is 0 Å². The summed E-state index contributed by atoms with van der Waals surface area (Å²) in [6, 6.07) is 0. The van der Waals surface area contributed by atoms with Gasteiger partial charge in [-0.15, -0.1) is 0 Å².